The third-order valence-corrected chi connectivity index (χ3v) is 10.3. The first-order valence-corrected chi connectivity index (χ1v) is 17.9. The number of furan rings is 1. The van der Waals surface area contributed by atoms with Gasteiger partial charge in [0.2, 0.25) is 0 Å². The number of aromatic nitrogens is 1. The van der Waals surface area contributed by atoms with Crippen LogP contribution < -0.4 is 0 Å². The van der Waals surface area contributed by atoms with Crippen molar-refractivity contribution in [2.24, 2.45) is 17.3 Å². The van der Waals surface area contributed by atoms with Gasteiger partial charge in [-0.1, -0.05) is 116 Å². The van der Waals surface area contributed by atoms with Crippen LogP contribution in [0.4, 0.5) is 0 Å². The first kappa shape index (κ1) is 38.5. The van der Waals surface area contributed by atoms with Crippen molar-refractivity contribution in [1.82, 2.24) is 4.98 Å². The van der Waals surface area contributed by atoms with E-state index < -0.39 is 0 Å². The fourth-order valence-corrected chi connectivity index (χ4v) is 7.57. The summed E-state index contributed by atoms with van der Waals surface area (Å²) in [5.74, 6) is 0.547. The number of ketones is 1. The van der Waals surface area contributed by atoms with Crippen molar-refractivity contribution < 1.29 is 34.4 Å². The number of aliphatic hydroxyl groups excluding tert-OH is 1. The van der Waals surface area contributed by atoms with Gasteiger partial charge in [0, 0.05) is 49.6 Å². The molecule has 1 radical (unpaired) electrons. The number of rotatable bonds is 8. The number of hydrogen-bond donors (Lipinski definition) is 1. The van der Waals surface area contributed by atoms with E-state index in [-0.39, 0.29) is 54.3 Å². The summed E-state index contributed by atoms with van der Waals surface area (Å²) >= 11 is 0. The molecule has 5 aromatic rings. The molecule has 0 fully saturated rings. The van der Waals surface area contributed by atoms with Gasteiger partial charge in [-0.25, -0.2) is 0 Å². The van der Waals surface area contributed by atoms with Gasteiger partial charge in [-0.3, -0.25) is 4.79 Å². The Morgan fingerprint density at radius 1 is 0.959 bits per heavy atom. The average Bonchev–Trinajstić information content (AvgIpc) is 3.40. The molecule has 2 heterocycles. The van der Waals surface area contributed by atoms with Crippen LogP contribution in [-0.2, 0) is 36.7 Å². The summed E-state index contributed by atoms with van der Waals surface area (Å²) in [5, 5.41) is 14.6. The van der Waals surface area contributed by atoms with E-state index in [2.05, 4.69) is 90.9 Å². The Labute approximate surface area is 307 Å². The number of aryl methyl sites for hydroxylation is 2. The quantitative estimate of drug-likeness (QED) is 0.0961. The third-order valence-electron chi connectivity index (χ3n) is 10.3. The molecule has 263 valence electrons. The van der Waals surface area contributed by atoms with Gasteiger partial charge in [0.05, 0.1) is 11.3 Å². The van der Waals surface area contributed by atoms with E-state index in [9.17, 15) is 9.90 Å². The van der Waals surface area contributed by atoms with Crippen LogP contribution in [0.3, 0.4) is 0 Å². The molecule has 0 amide bonds. The number of carbonyl (C=O) groups is 1. The summed E-state index contributed by atoms with van der Waals surface area (Å²) in [6.07, 6.45) is 7.89. The molecular weight excluding hydrogens is 783 g/mol. The van der Waals surface area contributed by atoms with Crippen LogP contribution >= 0.6 is 0 Å². The smallest absolute Gasteiger partial charge is 0.162 e. The van der Waals surface area contributed by atoms with Crippen molar-refractivity contribution in [1.29, 1.82) is 0 Å². The molecule has 0 bridgehead atoms. The van der Waals surface area contributed by atoms with Gasteiger partial charge in [0.1, 0.15) is 5.58 Å². The van der Waals surface area contributed by atoms with Gasteiger partial charge < -0.3 is 14.5 Å². The minimum atomic E-state index is -0.244. The zero-order chi connectivity index (χ0) is 35.1. The molecule has 3 aromatic carbocycles. The van der Waals surface area contributed by atoms with E-state index in [0.29, 0.717) is 0 Å². The monoisotopic (exact) mass is 837 g/mol. The summed E-state index contributed by atoms with van der Waals surface area (Å²) in [6, 6.07) is 17.0. The molecule has 0 atom stereocenters. The summed E-state index contributed by atoms with van der Waals surface area (Å²) in [6.45, 7) is 23.9. The molecule has 6 rings (SSSR count). The summed E-state index contributed by atoms with van der Waals surface area (Å²) in [5.41, 5.74) is 10.3. The number of pyridine rings is 1. The summed E-state index contributed by atoms with van der Waals surface area (Å²) in [4.78, 5) is 16.8. The van der Waals surface area contributed by atoms with Crippen molar-refractivity contribution in [2.75, 3.05) is 0 Å². The molecule has 5 heteroatoms. The maximum Gasteiger partial charge on any atom is 0.162 e. The molecule has 0 unspecified atom stereocenters. The van der Waals surface area contributed by atoms with Gasteiger partial charge in [-0.05, 0) is 83.0 Å². The SMILES string of the molecule is CCC(CC)C(=O)/C=C(\O)C(CC)CC.Cc1ccc2cnc3c(c2c1)C(C)(C)c1ccc(CC(C)(C)C)c2oc4c(C)c[c-]c-3c4c12.[Ir]. The summed E-state index contributed by atoms with van der Waals surface area (Å²) < 4.78 is 6.68. The second kappa shape index (κ2) is 14.9. The number of carbonyl (C=O) groups excluding carboxylic acids is 1. The fraction of sp³-hybridized carbons (Fsp3) is 0.455. The molecule has 1 aliphatic carbocycles. The minimum absolute atomic E-state index is 0. The standard InChI is InChI=1S/C31H30NO.C13H24O2.Ir/c1-17-8-10-20-16-32-27-21-12-9-18(2)28-24(21)25-23(31(6,7)26(27)22(20)14-17)13-11-19(29(25)33-28)15-30(3,4)5;1-5-10(6-2)12(14)9-13(15)11(7-3)8-4;/h8-11,13-14,16H,15H2,1-7H3;9-11,14H,5-8H2,1-4H3;/q-1;;/b;12-9-;. The van der Waals surface area contributed by atoms with E-state index >= 15 is 0 Å². The van der Waals surface area contributed by atoms with E-state index in [4.69, 9.17) is 9.40 Å². The molecule has 49 heavy (non-hydrogen) atoms. The third kappa shape index (κ3) is 7.31. The number of hydrogen-bond acceptors (Lipinski definition) is 4. The molecule has 0 saturated heterocycles. The maximum absolute atomic E-state index is 11.7. The van der Waals surface area contributed by atoms with Crippen LogP contribution in [0.15, 0.2) is 58.8 Å². The molecule has 1 N–H and O–H groups in total. The van der Waals surface area contributed by atoms with Gasteiger partial charge in [-0.2, -0.15) is 0 Å². The Balaban J connectivity index is 0.000000290. The minimum Gasteiger partial charge on any atom is -0.512 e. The van der Waals surface area contributed by atoms with Gasteiger partial charge >= 0.3 is 0 Å². The first-order valence-electron chi connectivity index (χ1n) is 17.9. The Kier molecular flexibility index (Phi) is 11.7. The van der Waals surface area contributed by atoms with E-state index in [1.165, 1.54) is 49.9 Å². The summed E-state index contributed by atoms with van der Waals surface area (Å²) in [7, 11) is 0. The molecule has 4 nitrogen and oxygen atoms in total. The maximum atomic E-state index is 11.7. The average molecular weight is 837 g/mol. The van der Waals surface area contributed by atoms with E-state index in [0.717, 1.165) is 60.1 Å². The van der Waals surface area contributed by atoms with Crippen molar-refractivity contribution in [3.05, 3.63) is 88.3 Å². The number of nitrogens with zero attached hydrogens (tertiary/aromatic N) is 1. The number of benzene rings is 3. The van der Waals surface area contributed by atoms with Crippen LogP contribution in [0, 0.1) is 37.2 Å². The normalized spacial score (nSPS) is 13.9. The number of allylic oxidation sites excluding steroid dienone is 2. The van der Waals surface area contributed by atoms with Gasteiger partial charge in [0.15, 0.2) is 5.78 Å². The zero-order valence-electron chi connectivity index (χ0n) is 31.4. The fourth-order valence-electron chi connectivity index (χ4n) is 7.57. The Bertz CT molecular complexity index is 2020. The second-order valence-electron chi connectivity index (χ2n) is 15.6. The Hall–Kier alpha value is -3.27. The Morgan fingerprint density at radius 3 is 2.22 bits per heavy atom. The van der Waals surface area contributed by atoms with Crippen LogP contribution in [0.5, 0.6) is 0 Å². The van der Waals surface area contributed by atoms with Crippen molar-refractivity contribution in [2.45, 2.75) is 114 Å². The van der Waals surface area contributed by atoms with Crippen LogP contribution in [0.25, 0.3) is 44.0 Å². The van der Waals surface area contributed by atoms with Crippen molar-refractivity contribution in [3.8, 4) is 11.3 Å². The predicted molar refractivity (Wildman–Crippen MR) is 202 cm³/mol. The van der Waals surface area contributed by atoms with Gasteiger partial charge in [-0.15, -0.1) is 17.7 Å². The topological polar surface area (TPSA) is 63.3 Å². The van der Waals surface area contributed by atoms with Crippen molar-refractivity contribution in [3.63, 3.8) is 0 Å². The largest absolute Gasteiger partial charge is 0.512 e. The first-order chi connectivity index (χ1) is 22.7. The van der Waals surface area contributed by atoms with Crippen LogP contribution in [0.1, 0.15) is 116 Å². The number of aliphatic hydroxyl groups is 1. The molecule has 1 aliphatic rings. The van der Waals surface area contributed by atoms with Crippen molar-refractivity contribution >= 4 is 38.5 Å². The second-order valence-corrected chi connectivity index (χ2v) is 15.6. The molecular formula is C44H54IrNO3-. The van der Waals surface area contributed by atoms with Crippen LogP contribution in [0.2, 0.25) is 0 Å². The molecule has 2 aromatic heterocycles. The van der Waals surface area contributed by atoms with Crippen LogP contribution in [-0.4, -0.2) is 15.9 Å². The van der Waals surface area contributed by atoms with Gasteiger partial charge in [0.25, 0.3) is 0 Å². The zero-order valence-corrected chi connectivity index (χ0v) is 33.7. The molecule has 0 saturated carbocycles. The van der Waals surface area contributed by atoms with E-state index in [1.807, 2.05) is 33.9 Å². The van der Waals surface area contributed by atoms with E-state index in [1.54, 1.807) is 0 Å². The molecule has 0 aliphatic heterocycles. The molecule has 0 spiro atoms. The predicted octanol–water partition coefficient (Wildman–Crippen LogP) is 12.3. The Morgan fingerprint density at radius 2 is 1.61 bits per heavy atom. The number of fused-ring (bicyclic) bond motifs is 4.